The molecule has 1 heteroatoms. The van der Waals surface area contributed by atoms with Crippen molar-refractivity contribution in [1.29, 1.82) is 0 Å². The van der Waals surface area contributed by atoms with E-state index >= 15 is 0 Å². The Morgan fingerprint density at radius 3 is 2.78 bits per heavy atom. The van der Waals surface area contributed by atoms with Crippen LogP contribution in [0.3, 0.4) is 0 Å². The molecule has 1 nitrogen and oxygen atoms in total. The van der Waals surface area contributed by atoms with E-state index in [1.165, 1.54) is 22.3 Å². The molecule has 0 N–H and O–H groups in total. The van der Waals surface area contributed by atoms with Crippen LogP contribution in [0.2, 0.25) is 0 Å². The summed E-state index contributed by atoms with van der Waals surface area (Å²) in [5.41, 5.74) is 5.41. The van der Waals surface area contributed by atoms with Gasteiger partial charge in [-0.25, -0.2) is 0 Å². The number of rotatable bonds is 3. The van der Waals surface area contributed by atoms with E-state index in [-0.39, 0.29) is 0 Å². The van der Waals surface area contributed by atoms with Gasteiger partial charge in [-0.2, -0.15) is 0 Å². The highest BCUT2D eigenvalue weighted by Crippen LogP contribution is 2.35. The first-order valence-electron chi connectivity index (χ1n) is 6.52. The molecule has 0 amide bonds. The molecule has 0 fully saturated rings. The Morgan fingerprint density at radius 1 is 1.11 bits per heavy atom. The maximum Gasteiger partial charge on any atom is 0.122 e. The largest absolute Gasteiger partial charge is 0.493 e. The number of aryl methyl sites for hydroxylation is 2. The van der Waals surface area contributed by atoms with Crippen molar-refractivity contribution in [2.45, 2.75) is 26.2 Å². The van der Waals surface area contributed by atoms with Crippen molar-refractivity contribution in [2.75, 3.05) is 6.61 Å². The number of fused-ring (bicyclic) bond motifs is 1. The average molecular weight is 238 g/mol. The minimum absolute atomic E-state index is 0.570. The Balaban J connectivity index is 1.68. The van der Waals surface area contributed by atoms with E-state index in [0.29, 0.717) is 5.92 Å². The molecular formula is C17H18O. The molecule has 1 unspecified atom stereocenters. The molecule has 0 aromatic heterocycles. The van der Waals surface area contributed by atoms with Crippen LogP contribution in [0.1, 0.15) is 28.2 Å². The quantitative estimate of drug-likeness (QED) is 0.784. The van der Waals surface area contributed by atoms with Gasteiger partial charge in [-0.1, -0.05) is 36.4 Å². The zero-order valence-corrected chi connectivity index (χ0v) is 10.9. The van der Waals surface area contributed by atoms with Crippen LogP contribution in [-0.4, -0.2) is 6.61 Å². The van der Waals surface area contributed by atoms with Crippen LogP contribution in [0.4, 0.5) is 0 Å². The Kier molecular flexibility index (Phi) is 2.83. The highest BCUT2D eigenvalue weighted by Gasteiger charge is 2.25. The molecule has 2 aromatic rings. The van der Waals surface area contributed by atoms with Crippen molar-refractivity contribution in [3.63, 3.8) is 0 Å². The standard InChI is InChI=1S/C17H18O/c1-12-7-8-13(2)17(9-12)18-11-15-10-14-5-3-4-6-16(14)15/h3-9,15H,10-11H2,1-2H3. The Morgan fingerprint density at radius 2 is 1.94 bits per heavy atom. The molecule has 92 valence electrons. The van der Waals surface area contributed by atoms with Crippen LogP contribution in [-0.2, 0) is 6.42 Å². The molecule has 3 rings (SSSR count). The van der Waals surface area contributed by atoms with Crippen molar-refractivity contribution >= 4 is 0 Å². The molecule has 1 aliphatic carbocycles. The molecule has 0 spiro atoms. The monoisotopic (exact) mass is 238 g/mol. The molecule has 0 saturated heterocycles. The fourth-order valence-electron chi connectivity index (χ4n) is 2.56. The molecular weight excluding hydrogens is 220 g/mol. The summed E-state index contributed by atoms with van der Waals surface area (Å²) in [4.78, 5) is 0. The van der Waals surface area contributed by atoms with E-state index in [9.17, 15) is 0 Å². The van der Waals surface area contributed by atoms with Crippen molar-refractivity contribution in [3.8, 4) is 5.75 Å². The predicted molar refractivity (Wildman–Crippen MR) is 74.3 cm³/mol. The lowest BCUT2D eigenvalue weighted by atomic mass is 9.78. The van der Waals surface area contributed by atoms with Gasteiger partial charge in [0.2, 0.25) is 0 Å². The van der Waals surface area contributed by atoms with Gasteiger partial charge in [0.15, 0.2) is 0 Å². The van der Waals surface area contributed by atoms with Gasteiger partial charge in [0.25, 0.3) is 0 Å². The zero-order valence-electron chi connectivity index (χ0n) is 10.9. The maximum atomic E-state index is 5.98. The van der Waals surface area contributed by atoms with Gasteiger partial charge in [-0.15, -0.1) is 0 Å². The predicted octanol–water partition coefficient (Wildman–Crippen LogP) is 4.02. The first-order valence-corrected chi connectivity index (χ1v) is 6.52. The van der Waals surface area contributed by atoms with Crippen molar-refractivity contribution in [3.05, 3.63) is 64.7 Å². The minimum Gasteiger partial charge on any atom is -0.493 e. The zero-order chi connectivity index (χ0) is 12.5. The van der Waals surface area contributed by atoms with Gasteiger partial charge in [0.05, 0.1) is 6.61 Å². The summed E-state index contributed by atoms with van der Waals surface area (Å²) in [7, 11) is 0. The van der Waals surface area contributed by atoms with Gasteiger partial charge >= 0.3 is 0 Å². The van der Waals surface area contributed by atoms with Gasteiger partial charge in [0.1, 0.15) is 5.75 Å². The number of benzene rings is 2. The third-order valence-electron chi connectivity index (χ3n) is 3.74. The van der Waals surface area contributed by atoms with Crippen LogP contribution in [0, 0.1) is 13.8 Å². The third kappa shape index (κ3) is 2.01. The SMILES string of the molecule is Cc1ccc(C)c(OCC2Cc3ccccc32)c1. The molecule has 0 saturated carbocycles. The molecule has 2 aromatic carbocycles. The van der Waals surface area contributed by atoms with E-state index in [2.05, 4.69) is 56.3 Å². The Hall–Kier alpha value is -1.76. The highest BCUT2D eigenvalue weighted by atomic mass is 16.5. The first-order chi connectivity index (χ1) is 8.74. The topological polar surface area (TPSA) is 9.23 Å². The second kappa shape index (κ2) is 4.49. The van der Waals surface area contributed by atoms with Crippen LogP contribution in [0.25, 0.3) is 0 Å². The molecule has 1 aliphatic rings. The number of hydrogen-bond acceptors (Lipinski definition) is 1. The van der Waals surface area contributed by atoms with Crippen LogP contribution >= 0.6 is 0 Å². The highest BCUT2D eigenvalue weighted by molar-refractivity contribution is 5.41. The lowest BCUT2D eigenvalue weighted by Crippen LogP contribution is -2.23. The second-order valence-electron chi connectivity index (χ2n) is 5.18. The first kappa shape index (κ1) is 11.3. The van der Waals surface area contributed by atoms with E-state index in [1.807, 2.05) is 0 Å². The summed E-state index contributed by atoms with van der Waals surface area (Å²) in [5.74, 6) is 1.60. The van der Waals surface area contributed by atoms with E-state index in [1.54, 1.807) is 0 Å². The number of ether oxygens (including phenoxy) is 1. The molecule has 0 bridgehead atoms. The number of hydrogen-bond donors (Lipinski definition) is 0. The van der Waals surface area contributed by atoms with E-state index in [4.69, 9.17) is 4.74 Å². The molecule has 18 heavy (non-hydrogen) atoms. The average Bonchev–Trinajstić information content (AvgIpc) is 2.34. The molecule has 0 radical (unpaired) electrons. The molecule has 1 atom stereocenters. The van der Waals surface area contributed by atoms with Crippen molar-refractivity contribution < 1.29 is 4.74 Å². The maximum absolute atomic E-state index is 5.98. The normalized spacial score (nSPS) is 16.9. The van der Waals surface area contributed by atoms with Gasteiger partial charge in [0, 0.05) is 5.92 Å². The van der Waals surface area contributed by atoms with Gasteiger partial charge < -0.3 is 4.74 Å². The lowest BCUT2D eigenvalue weighted by Gasteiger charge is -2.30. The summed E-state index contributed by atoms with van der Waals surface area (Å²) in [6.07, 6.45) is 1.15. The Labute approximate surface area is 108 Å². The minimum atomic E-state index is 0.570. The summed E-state index contributed by atoms with van der Waals surface area (Å²) in [6, 6.07) is 15.0. The fraction of sp³-hybridized carbons (Fsp3) is 0.294. The summed E-state index contributed by atoms with van der Waals surface area (Å²) in [5, 5.41) is 0. The van der Waals surface area contributed by atoms with Crippen LogP contribution in [0.5, 0.6) is 5.75 Å². The van der Waals surface area contributed by atoms with Crippen molar-refractivity contribution in [2.24, 2.45) is 0 Å². The van der Waals surface area contributed by atoms with E-state index in [0.717, 1.165) is 18.8 Å². The fourth-order valence-corrected chi connectivity index (χ4v) is 2.56. The molecule has 0 heterocycles. The summed E-state index contributed by atoms with van der Waals surface area (Å²) < 4.78 is 5.98. The third-order valence-corrected chi connectivity index (χ3v) is 3.74. The smallest absolute Gasteiger partial charge is 0.122 e. The van der Waals surface area contributed by atoms with Crippen molar-refractivity contribution in [1.82, 2.24) is 0 Å². The van der Waals surface area contributed by atoms with Crippen LogP contribution in [0.15, 0.2) is 42.5 Å². The summed E-state index contributed by atoms with van der Waals surface area (Å²) >= 11 is 0. The van der Waals surface area contributed by atoms with Gasteiger partial charge in [-0.3, -0.25) is 0 Å². The Bertz CT molecular complexity index is 572. The van der Waals surface area contributed by atoms with Crippen LogP contribution < -0.4 is 4.74 Å². The second-order valence-corrected chi connectivity index (χ2v) is 5.18. The van der Waals surface area contributed by atoms with E-state index < -0.39 is 0 Å². The molecule has 0 aliphatic heterocycles. The van der Waals surface area contributed by atoms with Gasteiger partial charge in [-0.05, 0) is 48.6 Å². The lowest BCUT2D eigenvalue weighted by molar-refractivity contribution is 0.273. The summed E-state index contributed by atoms with van der Waals surface area (Å²) in [6.45, 7) is 5.00.